The lowest BCUT2D eigenvalue weighted by atomic mass is 9.71. The molecule has 3 unspecified atom stereocenters. The van der Waals surface area contributed by atoms with Crippen molar-refractivity contribution in [1.29, 1.82) is 0 Å². The third-order valence-electron chi connectivity index (χ3n) is 6.53. The maximum atomic E-state index is 6.20. The smallest absolute Gasteiger partial charge is 0.199 e. The summed E-state index contributed by atoms with van der Waals surface area (Å²) in [5, 5.41) is 1.97. The lowest BCUT2D eigenvalue weighted by Crippen LogP contribution is -2.73. The van der Waals surface area contributed by atoms with Crippen LogP contribution in [-0.2, 0) is 14.3 Å². The van der Waals surface area contributed by atoms with Crippen LogP contribution in [0.5, 0.6) is 0 Å². The molecule has 0 aliphatic carbocycles. The van der Waals surface area contributed by atoms with Gasteiger partial charge in [-0.25, -0.2) is 10.9 Å². The fourth-order valence-electron chi connectivity index (χ4n) is 5.23. The first-order valence-corrected chi connectivity index (χ1v) is 9.96. The van der Waals surface area contributed by atoms with E-state index in [4.69, 9.17) is 30.2 Å². The molecule has 6 rings (SSSR count). The molecule has 7 nitrogen and oxygen atoms in total. The minimum absolute atomic E-state index is 0.251. The van der Waals surface area contributed by atoms with Gasteiger partial charge in [0.2, 0.25) is 0 Å². The predicted molar refractivity (Wildman–Crippen MR) is 107 cm³/mol. The second kappa shape index (κ2) is 6.21. The van der Waals surface area contributed by atoms with Gasteiger partial charge in [-0.3, -0.25) is 14.7 Å². The minimum Gasteiger partial charge on any atom is -0.479 e. The van der Waals surface area contributed by atoms with Crippen molar-refractivity contribution in [3.05, 3.63) is 64.7 Å². The molecular formula is C22H22N4O3. The zero-order valence-corrected chi connectivity index (χ0v) is 16.0. The van der Waals surface area contributed by atoms with Crippen molar-refractivity contribution < 1.29 is 14.3 Å². The van der Waals surface area contributed by atoms with Crippen LogP contribution >= 0.6 is 0 Å². The minimum atomic E-state index is -0.961. The normalized spacial score (nSPS) is 32.4. The van der Waals surface area contributed by atoms with Gasteiger partial charge in [-0.15, -0.1) is 0 Å². The number of hydrogen-bond acceptors (Lipinski definition) is 7. The number of hydrogen-bond donors (Lipinski definition) is 1. The number of nitrogens with two attached hydrogens (primary N) is 1. The number of nitrogens with zero attached hydrogens (tertiary/aromatic N) is 3. The Bertz CT molecular complexity index is 1100. The van der Waals surface area contributed by atoms with Crippen LogP contribution in [0.2, 0.25) is 0 Å². The molecule has 2 N–H and O–H groups in total. The highest BCUT2D eigenvalue weighted by atomic mass is 16.7. The van der Waals surface area contributed by atoms with Crippen LogP contribution in [0.4, 0.5) is 5.69 Å². The highest BCUT2D eigenvalue weighted by Gasteiger charge is 2.65. The average molecular weight is 390 g/mol. The summed E-state index contributed by atoms with van der Waals surface area (Å²) in [5.74, 6) is 6.50. The second-order valence-electron chi connectivity index (χ2n) is 7.87. The zero-order valence-electron chi connectivity index (χ0n) is 16.0. The van der Waals surface area contributed by atoms with E-state index < -0.39 is 11.3 Å². The summed E-state index contributed by atoms with van der Waals surface area (Å²) in [6, 6.07) is 16.2. The fourth-order valence-corrected chi connectivity index (χ4v) is 5.23. The fraction of sp³-hybridized carbons (Fsp3) is 0.364. The van der Waals surface area contributed by atoms with Crippen molar-refractivity contribution in [3.8, 4) is 0 Å². The van der Waals surface area contributed by atoms with E-state index in [1.807, 2.05) is 36.4 Å². The van der Waals surface area contributed by atoms with Gasteiger partial charge in [0.1, 0.15) is 12.1 Å². The number of rotatable bonds is 1. The van der Waals surface area contributed by atoms with E-state index in [1.54, 1.807) is 0 Å². The van der Waals surface area contributed by atoms with E-state index in [1.165, 1.54) is 0 Å². The van der Waals surface area contributed by atoms with Crippen molar-refractivity contribution in [2.45, 2.75) is 17.2 Å². The molecule has 3 atom stereocenters. The largest absolute Gasteiger partial charge is 0.479 e. The Morgan fingerprint density at radius 3 is 2.79 bits per heavy atom. The van der Waals surface area contributed by atoms with Gasteiger partial charge in [0.25, 0.3) is 0 Å². The first-order chi connectivity index (χ1) is 14.3. The van der Waals surface area contributed by atoms with Gasteiger partial charge in [-0.2, -0.15) is 0 Å². The summed E-state index contributed by atoms with van der Waals surface area (Å²) in [4.78, 5) is 18.2. The third-order valence-corrected chi connectivity index (χ3v) is 6.53. The van der Waals surface area contributed by atoms with E-state index in [9.17, 15) is 0 Å². The Labute approximate surface area is 168 Å². The summed E-state index contributed by atoms with van der Waals surface area (Å²) in [5.41, 5.74) is 0.150. The number of ether oxygens (including phenoxy) is 2. The molecule has 4 aliphatic heterocycles. The Morgan fingerprint density at radius 2 is 1.90 bits per heavy atom. The highest BCUT2D eigenvalue weighted by molar-refractivity contribution is 5.95. The topological polar surface area (TPSA) is 81.7 Å². The van der Waals surface area contributed by atoms with Gasteiger partial charge in [0, 0.05) is 13.1 Å². The molecule has 0 amide bonds. The Balaban J connectivity index is 1.68. The van der Waals surface area contributed by atoms with Crippen LogP contribution in [0.25, 0.3) is 6.08 Å². The molecule has 0 saturated carbocycles. The van der Waals surface area contributed by atoms with Crippen LogP contribution in [0.3, 0.4) is 0 Å². The summed E-state index contributed by atoms with van der Waals surface area (Å²) < 4.78 is 12.1. The number of para-hydroxylation sites is 2. The van der Waals surface area contributed by atoms with Crippen LogP contribution in [0, 0.1) is 0 Å². The van der Waals surface area contributed by atoms with Crippen molar-refractivity contribution in [2.24, 2.45) is 15.9 Å². The van der Waals surface area contributed by atoms with Crippen molar-refractivity contribution >= 4 is 17.7 Å². The van der Waals surface area contributed by atoms with E-state index >= 15 is 0 Å². The molecule has 4 heterocycles. The number of morpholine rings is 1. The van der Waals surface area contributed by atoms with Crippen LogP contribution in [0.1, 0.15) is 11.5 Å². The molecule has 2 aromatic carbocycles. The SMILES string of the molecule is NOC12COCCN1CCOC1=Nc3ccccc3C1C21C=c2ccccc2=N1. The van der Waals surface area contributed by atoms with E-state index in [0.717, 1.165) is 21.8 Å². The molecule has 4 aliphatic rings. The summed E-state index contributed by atoms with van der Waals surface area (Å²) in [6.45, 7) is 2.81. The molecule has 2 fully saturated rings. The third kappa shape index (κ3) is 2.21. The molecule has 148 valence electrons. The lowest BCUT2D eigenvalue weighted by Gasteiger charge is -2.55. The molecule has 0 aromatic heterocycles. The molecule has 0 radical (unpaired) electrons. The quantitative estimate of drug-likeness (QED) is 0.722. The van der Waals surface area contributed by atoms with Gasteiger partial charge in [-0.05, 0) is 29.0 Å². The maximum Gasteiger partial charge on any atom is 0.199 e. The maximum absolute atomic E-state index is 6.20. The van der Waals surface area contributed by atoms with Gasteiger partial charge in [-0.1, -0.05) is 36.4 Å². The molecule has 1 spiro atoms. The van der Waals surface area contributed by atoms with Crippen LogP contribution in [-0.4, -0.2) is 55.0 Å². The summed E-state index contributed by atoms with van der Waals surface area (Å²) in [7, 11) is 0. The van der Waals surface area contributed by atoms with Gasteiger partial charge < -0.3 is 9.47 Å². The Hall–Kier alpha value is -2.58. The molecule has 7 heteroatoms. The number of fused-ring (bicyclic) bond motifs is 7. The Morgan fingerprint density at radius 1 is 1.07 bits per heavy atom. The van der Waals surface area contributed by atoms with Gasteiger partial charge in [0.05, 0.1) is 30.2 Å². The zero-order chi connectivity index (χ0) is 19.5. The van der Waals surface area contributed by atoms with E-state index in [0.29, 0.717) is 38.8 Å². The van der Waals surface area contributed by atoms with Crippen molar-refractivity contribution in [3.63, 3.8) is 0 Å². The summed E-state index contributed by atoms with van der Waals surface area (Å²) >= 11 is 0. The van der Waals surface area contributed by atoms with E-state index in [2.05, 4.69) is 23.1 Å². The molecule has 2 saturated heterocycles. The van der Waals surface area contributed by atoms with Crippen molar-refractivity contribution in [1.82, 2.24) is 4.90 Å². The molecule has 29 heavy (non-hydrogen) atoms. The van der Waals surface area contributed by atoms with Crippen LogP contribution in [0.15, 0.2) is 58.5 Å². The first kappa shape index (κ1) is 17.3. The highest BCUT2D eigenvalue weighted by Crippen LogP contribution is 2.52. The number of benzene rings is 2. The van der Waals surface area contributed by atoms with Gasteiger partial charge >= 0.3 is 0 Å². The Kier molecular flexibility index (Phi) is 3.70. The van der Waals surface area contributed by atoms with E-state index in [-0.39, 0.29) is 5.92 Å². The van der Waals surface area contributed by atoms with Gasteiger partial charge in [0.15, 0.2) is 11.6 Å². The number of aliphatic imine (C=N–C) groups is 1. The second-order valence-corrected chi connectivity index (χ2v) is 7.87. The standard InChI is InChI=1S/C22H22N4O3/c23-29-22-14-27-11-9-26(22)10-12-28-20-19(16-6-2-4-8-18(16)24-20)21(22)13-15-5-1-3-7-17(15)25-21/h1-8,13,19H,9-12,14,23H2. The van der Waals surface area contributed by atoms with Crippen LogP contribution < -0.4 is 16.5 Å². The lowest BCUT2D eigenvalue weighted by molar-refractivity contribution is -0.250. The molecule has 2 aromatic rings. The van der Waals surface area contributed by atoms with Crippen molar-refractivity contribution in [2.75, 3.05) is 32.9 Å². The molecular weight excluding hydrogens is 368 g/mol. The summed E-state index contributed by atoms with van der Waals surface area (Å²) in [6.07, 6.45) is 2.17. The average Bonchev–Trinajstić information content (AvgIpc) is 3.32. The predicted octanol–water partition coefficient (Wildman–Crippen LogP) is 0.615. The monoisotopic (exact) mass is 390 g/mol. The molecule has 0 bridgehead atoms. The first-order valence-electron chi connectivity index (χ1n) is 9.96.